The normalized spacial score (nSPS) is 17.3. The highest BCUT2D eigenvalue weighted by molar-refractivity contribution is 6.37. The summed E-state index contributed by atoms with van der Waals surface area (Å²) in [7, 11) is 0. The van der Waals surface area contributed by atoms with Crippen molar-refractivity contribution in [1.29, 1.82) is 0 Å². The van der Waals surface area contributed by atoms with Crippen LogP contribution in [0.2, 0.25) is 0 Å². The van der Waals surface area contributed by atoms with E-state index >= 15 is 0 Å². The van der Waals surface area contributed by atoms with Crippen LogP contribution in [-0.2, 0) is 33.4 Å². The number of ether oxygens (including phenoxy) is 3. The Morgan fingerprint density at radius 1 is 0.643 bits per heavy atom. The monoisotopic (exact) mass is 596 g/mol. The summed E-state index contributed by atoms with van der Waals surface area (Å²) >= 11 is 0. The molecule has 1 saturated heterocycles. The van der Waals surface area contributed by atoms with Crippen LogP contribution in [0.1, 0.15) is 168 Å². The lowest BCUT2D eigenvalue weighted by molar-refractivity contribution is -0.173. The molecule has 0 aromatic heterocycles. The van der Waals surface area contributed by atoms with Crippen molar-refractivity contribution in [3.05, 3.63) is 0 Å². The number of carbonyl (C=O) groups excluding carboxylic acids is 4. The smallest absolute Gasteiger partial charge is 0.379 e. The van der Waals surface area contributed by atoms with Crippen molar-refractivity contribution >= 4 is 23.7 Å². The Morgan fingerprint density at radius 2 is 1.02 bits per heavy atom. The zero-order valence-electron chi connectivity index (χ0n) is 26.7. The third-order valence-electron chi connectivity index (χ3n) is 8.06. The second kappa shape index (κ2) is 25.5. The fraction of sp³-hybridized carbons (Fsp3) is 0.882. The first-order chi connectivity index (χ1) is 20.4. The van der Waals surface area contributed by atoms with Gasteiger partial charge in [-0.15, -0.1) is 0 Å². The molecule has 3 atom stereocenters. The van der Waals surface area contributed by atoms with Crippen LogP contribution in [0, 0.1) is 0 Å². The summed E-state index contributed by atoms with van der Waals surface area (Å²) in [5.41, 5.74) is 0. The van der Waals surface area contributed by atoms with Crippen LogP contribution in [0.25, 0.3) is 0 Å². The van der Waals surface area contributed by atoms with Crippen molar-refractivity contribution in [3.63, 3.8) is 0 Å². The van der Waals surface area contributed by atoms with E-state index in [2.05, 4.69) is 13.8 Å². The van der Waals surface area contributed by atoms with Crippen LogP contribution >= 0.6 is 0 Å². The minimum absolute atomic E-state index is 0.129. The van der Waals surface area contributed by atoms with E-state index in [9.17, 15) is 24.3 Å². The van der Waals surface area contributed by atoms with E-state index in [0.29, 0.717) is 12.8 Å². The SMILES string of the molecule is CCCCCCCCCCCCCC(=O)OC1C(=O)C(=O)O[C@@H]1[C@H](CO)OC(=O)CCCCCCCCCCCCC. The van der Waals surface area contributed by atoms with Crippen molar-refractivity contribution in [1.82, 2.24) is 0 Å². The van der Waals surface area contributed by atoms with Crippen LogP contribution in [0.5, 0.6) is 0 Å². The summed E-state index contributed by atoms with van der Waals surface area (Å²) in [5.74, 6) is -3.28. The van der Waals surface area contributed by atoms with Gasteiger partial charge in [0.15, 0.2) is 12.2 Å². The fourth-order valence-corrected chi connectivity index (χ4v) is 5.40. The van der Waals surface area contributed by atoms with E-state index in [1.165, 1.54) is 89.9 Å². The molecule has 0 aliphatic carbocycles. The molecular weight excluding hydrogens is 536 g/mol. The Balaban J connectivity index is 2.26. The van der Waals surface area contributed by atoms with Gasteiger partial charge < -0.3 is 19.3 Å². The molecule has 1 aliphatic rings. The van der Waals surface area contributed by atoms with Crippen molar-refractivity contribution in [2.45, 2.75) is 186 Å². The maximum Gasteiger partial charge on any atom is 0.379 e. The molecule has 0 aromatic rings. The maximum atomic E-state index is 12.4. The number of cyclic esters (lactones) is 1. The zero-order valence-corrected chi connectivity index (χ0v) is 26.7. The van der Waals surface area contributed by atoms with Gasteiger partial charge in [0.25, 0.3) is 5.78 Å². The molecule has 0 amide bonds. The molecule has 244 valence electrons. The molecule has 8 nitrogen and oxygen atoms in total. The van der Waals surface area contributed by atoms with Gasteiger partial charge in [-0.05, 0) is 12.8 Å². The predicted octanol–water partition coefficient (Wildman–Crippen LogP) is 7.70. The van der Waals surface area contributed by atoms with E-state index in [-0.39, 0.29) is 12.8 Å². The van der Waals surface area contributed by atoms with Gasteiger partial charge >= 0.3 is 17.9 Å². The van der Waals surface area contributed by atoms with E-state index in [4.69, 9.17) is 14.2 Å². The van der Waals surface area contributed by atoms with Crippen LogP contribution < -0.4 is 0 Å². The van der Waals surface area contributed by atoms with Gasteiger partial charge in [0, 0.05) is 12.8 Å². The zero-order chi connectivity index (χ0) is 30.8. The van der Waals surface area contributed by atoms with Crippen LogP contribution in [0.4, 0.5) is 0 Å². The molecule has 0 spiro atoms. The summed E-state index contributed by atoms with van der Waals surface area (Å²) in [6.45, 7) is 3.79. The number of hydrogen-bond donors (Lipinski definition) is 1. The van der Waals surface area contributed by atoms with Crippen molar-refractivity contribution < 1.29 is 38.5 Å². The number of unbranched alkanes of at least 4 members (excludes halogenated alkanes) is 20. The molecule has 1 heterocycles. The summed E-state index contributed by atoms with van der Waals surface area (Å²) in [6.07, 6.45) is 21.6. The number of hydrogen-bond acceptors (Lipinski definition) is 8. The van der Waals surface area contributed by atoms with Gasteiger partial charge in [-0.3, -0.25) is 14.4 Å². The largest absolute Gasteiger partial charge is 0.456 e. The molecule has 0 saturated carbocycles. The summed E-state index contributed by atoms with van der Waals surface area (Å²) in [6, 6.07) is 0. The van der Waals surface area contributed by atoms with Gasteiger partial charge in [-0.2, -0.15) is 0 Å². The van der Waals surface area contributed by atoms with Gasteiger partial charge in [-0.25, -0.2) is 4.79 Å². The van der Waals surface area contributed by atoms with Gasteiger partial charge in [0.05, 0.1) is 6.61 Å². The average molecular weight is 597 g/mol. The van der Waals surface area contributed by atoms with Crippen molar-refractivity contribution in [2.24, 2.45) is 0 Å². The Bertz CT molecular complexity index is 737. The topological polar surface area (TPSA) is 116 Å². The minimum Gasteiger partial charge on any atom is -0.456 e. The maximum absolute atomic E-state index is 12.4. The Labute approximate surface area is 255 Å². The van der Waals surface area contributed by atoms with Gasteiger partial charge in [0.2, 0.25) is 6.10 Å². The number of Topliss-reactive ketones (excluding diaryl/α,β-unsaturated/α-hetero) is 1. The highest BCUT2D eigenvalue weighted by atomic mass is 16.6. The highest BCUT2D eigenvalue weighted by Gasteiger charge is 2.51. The van der Waals surface area contributed by atoms with Crippen LogP contribution in [0.15, 0.2) is 0 Å². The first-order valence-corrected chi connectivity index (χ1v) is 17.2. The fourth-order valence-electron chi connectivity index (χ4n) is 5.40. The molecule has 1 rings (SSSR count). The Hall–Kier alpha value is -1.96. The first-order valence-electron chi connectivity index (χ1n) is 17.2. The lowest BCUT2D eigenvalue weighted by Crippen LogP contribution is -2.44. The third-order valence-corrected chi connectivity index (χ3v) is 8.06. The number of ketones is 1. The molecule has 1 N–H and O–H groups in total. The molecule has 1 fully saturated rings. The molecule has 0 radical (unpaired) electrons. The number of esters is 3. The lowest BCUT2D eigenvalue weighted by Gasteiger charge is -2.24. The van der Waals surface area contributed by atoms with Crippen molar-refractivity contribution in [3.8, 4) is 0 Å². The number of rotatable bonds is 28. The van der Waals surface area contributed by atoms with Crippen LogP contribution in [-0.4, -0.2) is 53.7 Å². The Morgan fingerprint density at radius 3 is 1.43 bits per heavy atom. The predicted molar refractivity (Wildman–Crippen MR) is 164 cm³/mol. The second-order valence-corrected chi connectivity index (χ2v) is 11.9. The van der Waals surface area contributed by atoms with E-state index in [1.54, 1.807) is 0 Å². The van der Waals surface area contributed by atoms with Crippen LogP contribution in [0.3, 0.4) is 0 Å². The highest BCUT2D eigenvalue weighted by Crippen LogP contribution is 2.23. The third kappa shape index (κ3) is 17.9. The van der Waals surface area contributed by atoms with E-state index < -0.39 is 48.6 Å². The number of carbonyl (C=O) groups is 4. The summed E-state index contributed by atoms with van der Waals surface area (Å²) in [4.78, 5) is 49.1. The van der Waals surface area contributed by atoms with E-state index in [0.717, 1.165) is 38.5 Å². The second-order valence-electron chi connectivity index (χ2n) is 11.9. The van der Waals surface area contributed by atoms with Crippen molar-refractivity contribution in [2.75, 3.05) is 6.61 Å². The molecular formula is C34H60O8. The lowest BCUT2D eigenvalue weighted by atomic mass is 10.0. The molecule has 42 heavy (non-hydrogen) atoms. The van der Waals surface area contributed by atoms with E-state index in [1.807, 2.05) is 0 Å². The molecule has 1 unspecified atom stereocenters. The summed E-state index contributed by atoms with van der Waals surface area (Å²) in [5, 5.41) is 9.82. The average Bonchev–Trinajstić information content (AvgIpc) is 3.25. The molecule has 8 heteroatoms. The number of aliphatic hydroxyl groups is 1. The summed E-state index contributed by atoms with van der Waals surface area (Å²) < 4.78 is 15.7. The standard InChI is InChI=1S/C34H60O8/c1-3-5-7-9-11-13-15-17-19-21-23-25-29(36)40-28(27-35)32-33(31(38)34(39)42-32)41-30(37)26-24-22-20-18-16-14-12-10-8-6-4-2/h28,32-33,35H,3-27H2,1-2H3/t28-,32+,33?/m0/s1. The molecule has 1 aliphatic heterocycles. The molecule has 0 bridgehead atoms. The number of aliphatic hydroxyl groups excluding tert-OH is 1. The minimum atomic E-state index is -1.51. The first kappa shape index (κ1) is 38.1. The molecule has 0 aromatic carbocycles. The quantitative estimate of drug-likeness (QED) is 0.0423. The van der Waals surface area contributed by atoms with Gasteiger partial charge in [-0.1, -0.05) is 142 Å². The Kier molecular flexibility index (Phi) is 23.1. The van der Waals surface area contributed by atoms with Gasteiger partial charge in [0.1, 0.15) is 0 Å².